The molecule has 6 nitrogen and oxygen atoms in total. The van der Waals surface area contributed by atoms with Crippen LogP contribution in [0.15, 0.2) is 30.3 Å². The summed E-state index contributed by atoms with van der Waals surface area (Å²) in [7, 11) is -1.98. The van der Waals surface area contributed by atoms with Crippen molar-refractivity contribution in [1.82, 2.24) is 9.03 Å². The van der Waals surface area contributed by atoms with Crippen LogP contribution >= 0.6 is 0 Å². The van der Waals surface area contributed by atoms with Crippen LogP contribution in [0.2, 0.25) is 0 Å². The molecule has 1 N–H and O–H groups in total. The summed E-state index contributed by atoms with van der Waals surface area (Å²) in [5.74, 6) is 0. The molecule has 0 spiro atoms. The van der Waals surface area contributed by atoms with E-state index in [2.05, 4.69) is 4.72 Å². The van der Waals surface area contributed by atoms with E-state index < -0.39 is 10.2 Å². The van der Waals surface area contributed by atoms with E-state index in [0.717, 1.165) is 5.56 Å². The summed E-state index contributed by atoms with van der Waals surface area (Å²) < 4.78 is 38.7. The Labute approximate surface area is 119 Å². The van der Waals surface area contributed by atoms with Gasteiger partial charge in [0.15, 0.2) is 0 Å². The molecule has 1 fully saturated rings. The van der Waals surface area contributed by atoms with Crippen LogP contribution in [0, 0.1) is 0 Å². The summed E-state index contributed by atoms with van der Waals surface area (Å²) in [4.78, 5) is 0. The maximum absolute atomic E-state index is 12.1. The first-order valence-electron chi connectivity index (χ1n) is 6.52. The Morgan fingerprint density at radius 2 is 2.05 bits per heavy atom. The number of hydrogen-bond donors (Lipinski definition) is 1. The second-order valence-corrected chi connectivity index (χ2v) is 6.52. The smallest absolute Gasteiger partial charge is 0.279 e. The highest BCUT2D eigenvalue weighted by Crippen LogP contribution is 2.06. The van der Waals surface area contributed by atoms with Crippen LogP contribution in [0.25, 0.3) is 0 Å². The van der Waals surface area contributed by atoms with Gasteiger partial charge in [0, 0.05) is 20.1 Å². The van der Waals surface area contributed by atoms with Crippen molar-refractivity contribution in [2.45, 2.75) is 12.6 Å². The molecule has 0 aromatic heterocycles. The molecular weight excluding hydrogens is 280 g/mol. The van der Waals surface area contributed by atoms with E-state index in [0.29, 0.717) is 19.8 Å². The van der Waals surface area contributed by atoms with Gasteiger partial charge >= 0.3 is 0 Å². The van der Waals surface area contributed by atoms with Gasteiger partial charge in [0.05, 0.1) is 25.9 Å². The van der Waals surface area contributed by atoms with Crippen molar-refractivity contribution in [2.24, 2.45) is 0 Å². The monoisotopic (exact) mass is 300 g/mol. The third-order valence-electron chi connectivity index (χ3n) is 3.06. The fourth-order valence-corrected chi connectivity index (χ4v) is 2.84. The normalized spacial score (nSPS) is 20.2. The number of benzene rings is 1. The first-order valence-corrected chi connectivity index (χ1v) is 7.96. The second-order valence-electron chi connectivity index (χ2n) is 4.66. The molecule has 0 aliphatic carbocycles. The van der Waals surface area contributed by atoms with Gasteiger partial charge in [-0.25, -0.2) is 0 Å². The van der Waals surface area contributed by atoms with Gasteiger partial charge in [0.2, 0.25) is 0 Å². The van der Waals surface area contributed by atoms with Crippen molar-refractivity contribution >= 4 is 10.2 Å². The lowest BCUT2D eigenvalue weighted by molar-refractivity contribution is -0.0909. The number of hydrogen-bond acceptors (Lipinski definition) is 4. The minimum absolute atomic E-state index is 0.206. The fourth-order valence-electron chi connectivity index (χ4n) is 1.91. The number of likely N-dealkylation sites (N-methyl/N-ethyl adjacent to an activating group) is 1. The number of nitrogens with one attached hydrogen (secondary N) is 1. The van der Waals surface area contributed by atoms with E-state index in [4.69, 9.17) is 9.47 Å². The first kappa shape index (κ1) is 15.4. The highest BCUT2D eigenvalue weighted by atomic mass is 32.2. The Bertz CT molecular complexity index is 500. The summed E-state index contributed by atoms with van der Waals surface area (Å²) >= 11 is 0. The highest BCUT2D eigenvalue weighted by Gasteiger charge is 2.23. The summed E-state index contributed by atoms with van der Waals surface area (Å²) in [6.45, 7) is 2.06. The van der Waals surface area contributed by atoms with Gasteiger partial charge in [0.25, 0.3) is 10.2 Å². The molecule has 0 bridgehead atoms. The molecule has 1 saturated heterocycles. The van der Waals surface area contributed by atoms with Gasteiger partial charge < -0.3 is 9.47 Å². The molecule has 0 saturated carbocycles. The molecule has 1 aliphatic heterocycles. The van der Waals surface area contributed by atoms with E-state index in [9.17, 15) is 8.42 Å². The minimum atomic E-state index is -3.51. The Hall–Kier alpha value is -0.990. The minimum Gasteiger partial charge on any atom is -0.376 e. The Morgan fingerprint density at radius 1 is 1.30 bits per heavy atom. The average Bonchev–Trinajstić information content (AvgIpc) is 2.47. The van der Waals surface area contributed by atoms with Crippen LogP contribution in [0.5, 0.6) is 0 Å². The molecule has 1 aromatic carbocycles. The lowest BCUT2D eigenvalue weighted by Crippen LogP contribution is -2.45. The SMILES string of the molecule is CN(CC1COCCO1)S(=O)(=O)NCc1ccccc1. The molecule has 7 heteroatoms. The molecule has 1 aliphatic rings. The number of ether oxygens (including phenoxy) is 2. The molecule has 0 radical (unpaired) electrons. The molecule has 0 amide bonds. The lowest BCUT2D eigenvalue weighted by atomic mass is 10.2. The Balaban J connectivity index is 1.85. The van der Waals surface area contributed by atoms with Crippen LogP contribution < -0.4 is 4.72 Å². The molecule has 112 valence electrons. The number of nitrogens with zero attached hydrogens (tertiary/aromatic N) is 1. The van der Waals surface area contributed by atoms with Crippen LogP contribution in [0.3, 0.4) is 0 Å². The van der Waals surface area contributed by atoms with Crippen molar-refractivity contribution in [3.8, 4) is 0 Å². The third kappa shape index (κ3) is 4.53. The van der Waals surface area contributed by atoms with Crippen LogP contribution in [-0.2, 0) is 26.2 Å². The quantitative estimate of drug-likeness (QED) is 0.824. The number of rotatable bonds is 6. The maximum atomic E-state index is 12.1. The maximum Gasteiger partial charge on any atom is 0.279 e. The predicted molar refractivity (Wildman–Crippen MR) is 75.4 cm³/mol. The van der Waals surface area contributed by atoms with Crippen molar-refractivity contribution < 1.29 is 17.9 Å². The van der Waals surface area contributed by atoms with E-state index in [-0.39, 0.29) is 19.2 Å². The van der Waals surface area contributed by atoms with Gasteiger partial charge in [0.1, 0.15) is 0 Å². The van der Waals surface area contributed by atoms with Gasteiger partial charge in [-0.2, -0.15) is 17.4 Å². The van der Waals surface area contributed by atoms with Crippen molar-refractivity contribution in [1.29, 1.82) is 0 Å². The second kappa shape index (κ2) is 7.14. The summed E-state index contributed by atoms with van der Waals surface area (Å²) in [5, 5.41) is 0. The molecular formula is C13H20N2O4S. The summed E-state index contributed by atoms with van der Waals surface area (Å²) in [6.07, 6.45) is -0.206. The first-order chi connectivity index (χ1) is 9.58. The van der Waals surface area contributed by atoms with Crippen molar-refractivity contribution in [2.75, 3.05) is 33.4 Å². The molecule has 1 aromatic rings. The molecule has 1 unspecified atom stereocenters. The molecule has 1 heterocycles. The standard InChI is InChI=1S/C13H20N2O4S/c1-15(10-13-11-18-7-8-19-13)20(16,17)14-9-12-5-3-2-4-6-12/h2-6,13-14H,7-11H2,1H3. The fraction of sp³-hybridized carbons (Fsp3) is 0.538. The largest absolute Gasteiger partial charge is 0.376 e. The van der Waals surface area contributed by atoms with Gasteiger partial charge in [-0.3, -0.25) is 0 Å². The zero-order valence-corrected chi connectivity index (χ0v) is 12.3. The van der Waals surface area contributed by atoms with Gasteiger partial charge in [-0.1, -0.05) is 30.3 Å². The van der Waals surface area contributed by atoms with Gasteiger partial charge in [-0.15, -0.1) is 0 Å². The topological polar surface area (TPSA) is 67.9 Å². The van der Waals surface area contributed by atoms with Crippen molar-refractivity contribution in [3.63, 3.8) is 0 Å². The van der Waals surface area contributed by atoms with Gasteiger partial charge in [-0.05, 0) is 5.56 Å². The average molecular weight is 300 g/mol. The lowest BCUT2D eigenvalue weighted by Gasteiger charge is -2.27. The summed E-state index contributed by atoms with van der Waals surface area (Å²) in [5.41, 5.74) is 0.918. The van der Waals surface area contributed by atoms with E-state index >= 15 is 0 Å². The van der Waals surface area contributed by atoms with Crippen LogP contribution in [-0.4, -0.2) is 52.2 Å². The summed E-state index contributed by atoms with van der Waals surface area (Å²) in [6, 6.07) is 9.40. The van der Waals surface area contributed by atoms with Crippen molar-refractivity contribution in [3.05, 3.63) is 35.9 Å². The van der Waals surface area contributed by atoms with E-state index in [1.54, 1.807) is 0 Å². The molecule has 2 rings (SSSR count). The Morgan fingerprint density at radius 3 is 2.70 bits per heavy atom. The molecule has 20 heavy (non-hydrogen) atoms. The zero-order valence-electron chi connectivity index (χ0n) is 11.5. The van der Waals surface area contributed by atoms with E-state index in [1.807, 2.05) is 30.3 Å². The predicted octanol–water partition coefficient (Wildman–Crippen LogP) is 0.368. The zero-order chi connectivity index (χ0) is 14.4. The Kier molecular flexibility index (Phi) is 5.50. The highest BCUT2D eigenvalue weighted by molar-refractivity contribution is 7.87. The van der Waals surface area contributed by atoms with Crippen LogP contribution in [0.4, 0.5) is 0 Å². The van der Waals surface area contributed by atoms with Crippen LogP contribution in [0.1, 0.15) is 5.56 Å². The third-order valence-corrected chi connectivity index (χ3v) is 4.54. The molecule has 1 atom stereocenters. The van der Waals surface area contributed by atoms with E-state index in [1.165, 1.54) is 11.4 Å².